The molecule has 0 aliphatic carbocycles. The lowest BCUT2D eigenvalue weighted by Crippen LogP contribution is -2.01. The Balaban J connectivity index is 0. The summed E-state index contributed by atoms with van der Waals surface area (Å²) >= 11 is 0. The molecule has 3 heteroatoms. The van der Waals surface area contributed by atoms with Gasteiger partial charge in [0.05, 0.1) is 0 Å². The number of hydrogen-bond acceptors (Lipinski definition) is 2. The third kappa shape index (κ3) is 20.8. The van der Waals surface area contributed by atoms with Crippen molar-refractivity contribution in [2.75, 3.05) is 0 Å². The van der Waals surface area contributed by atoms with Crippen LogP contribution in [0.3, 0.4) is 0 Å². The van der Waals surface area contributed by atoms with Crippen molar-refractivity contribution in [2.45, 2.75) is 73.1 Å². The SMILES string of the molecule is CC(N)=O.CCCCC(C)CCCC.Cc1cccc(O)c1. The topological polar surface area (TPSA) is 63.3 Å². The average molecular weight is 309 g/mol. The molecule has 0 aliphatic rings. The molecule has 1 rings (SSSR count). The molecular weight excluding hydrogens is 274 g/mol. The van der Waals surface area contributed by atoms with Crippen LogP contribution in [-0.2, 0) is 4.79 Å². The fourth-order valence-electron chi connectivity index (χ4n) is 1.88. The number of nitrogens with two attached hydrogens (primary N) is 1. The molecule has 0 heterocycles. The molecule has 0 bridgehead atoms. The first-order valence-electron chi connectivity index (χ1n) is 8.35. The van der Waals surface area contributed by atoms with Gasteiger partial charge in [-0.1, -0.05) is 71.4 Å². The van der Waals surface area contributed by atoms with Gasteiger partial charge in [0, 0.05) is 6.92 Å². The summed E-state index contributed by atoms with van der Waals surface area (Å²) in [4.78, 5) is 9.22. The van der Waals surface area contributed by atoms with Crippen LogP contribution in [0.15, 0.2) is 24.3 Å². The van der Waals surface area contributed by atoms with Gasteiger partial charge in [-0.05, 0) is 30.5 Å². The van der Waals surface area contributed by atoms with E-state index in [9.17, 15) is 4.79 Å². The number of carbonyl (C=O) groups is 1. The van der Waals surface area contributed by atoms with E-state index < -0.39 is 0 Å². The number of carbonyl (C=O) groups excluding carboxylic acids is 1. The normalized spacial score (nSPS) is 9.36. The largest absolute Gasteiger partial charge is 0.508 e. The molecule has 0 radical (unpaired) electrons. The summed E-state index contributed by atoms with van der Waals surface area (Å²) in [5.74, 6) is 0.977. The van der Waals surface area contributed by atoms with Crippen molar-refractivity contribution in [1.82, 2.24) is 0 Å². The highest BCUT2D eigenvalue weighted by atomic mass is 16.3. The maximum Gasteiger partial charge on any atom is 0.214 e. The predicted molar refractivity (Wildman–Crippen MR) is 95.9 cm³/mol. The van der Waals surface area contributed by atoms with Crippen LogP contribution in [0.4, 0.5) is 0 Å². The molecule has 0 fully saturated rings. The van der Waals surface area contributed by atoms with Gasteiger partial charge in [0.2, 0.25) is 5.91 Å². The molecule has 128 valence electrons. The first kappa shape index (κ1) is 22.8. The van der Waals surface area contributed by atoms with Crippen molar-refractivity contribution >= 4 is 5.91 Å². The second-order valence-corrected chi connectivity index (χ2v) is 5.84. The van der Waals surface area contributed by atoms with Crippen molar-refractivity contribution in [1.29, 1.82) is 0 Å². The van der Waals surface area contributed by atoms with Gasteiger partial charge >= 0.3 is 0 Å². The maximum absolute atomic E-state index is 9.22. The summed E-state index contributed by atoms with van der Waals surface area (Å²) in [6.07, 6.45) is 8.44. The molecule has 1 aromatic rings. The smallest absolute Gasteiger partial charge is 0.214 e. The van der Waals surface area contributed by atoms with Gasteiger partial charge < -0.3 is 10.8 Å². The van der Waals surface area contributed by atoms with Gasteiger partial charge in [-0.3, -0.25) is 4.79 Å². The molecule has 0 aliphatic heterocycles. The number of primary amides is 1. The lowest BCUT2D eigenvalue weighted by molar-refractivity contribution is -0.115. The van der Waals surface area contributed by atoms with Gasteiger partial charge in [0.15, 0.2) is 0 Å². The van der Waals surface area contributed by atoms with Gasteiger partial charge in [0.25, 0.3) is 0 Å². The molecule has 0 aromatic heterocycles. The van der Waals surface area contributed by atoms with Crippen molar-refractivity contribution in [3.63, 3.8) is 0 Å². The second kappa shape index (κ2) is 15.9. The zero-order valence-electron chi connectivity index (χ0n) is 15.1. The number of aryl methyl sites for hydroxylation is 1. The second-order valence-electron chi connectivity index (χ2n) is 5.84. The Morgan fingerprint density at radius 1 is 1.18 bits per heavy atom. The molecule has 1 aromatic carbocycles. The minimum atomic E-state index is -0.333. The third-order valence-corrected chi connectivity index (χ3v) is 3.10. The lowest BCUT2D eigenvalue weighted by atomic mass is 9.98. The number of aromatic hydroxyl groups is 1. The highest BCUT2D eigenvalue weighted by Gasteiger charge is 1.98. The van der Waals surface area contributed by atoms with Crippen LogP contribution in [0, 0.1) is 12.8 Å². The number of unbranched alkanes of at least 4 members (excludes halogenated alkanes) is 2. The van der Waals surface area contributed by atoms with Crippen LogP contribution >= 0.6 is 0 Å². The number of rotatable bonds is 6. The Morgan fingerprint density at radius 2 is 1.64 bits per heavy atom. The van der Waals surface area contributed by atoms with E-state index in [0.29, 0.717) is 5.75 Å². The number of hydrogen-bond donors (Lipinski definition) is 2. The molecule has 0 spiro atoms. The highest BCUT2D eigenvalue weighted by molar-refractivity contribution is 5.70. The molecule has 0 saturated heterocycles. The van der Waals surface area contributed by atoms with E-state index in [-0.39, 0.29) is 5.91 Å². The fourth-order valence-corrected chi connectivity index (χ4v) is 1.88. The summed E-state index contributed by atoms with van der Waals surface area (Å²) in [5.41, 5.74) is 5.56. The standard InChI is InChI=1S/C10H22.C7H8O.C2H5NO/c1-4-6-8-10(3)9-7-5-2;1-6-3-2-4-7(8)5-6;1-2(3)4/h10H,4-9H2,1-3H3;2-5,8H,1H3;1H3,(H2,3,4). The van der Waals surface area contributed by atoms with E-state index in [1.807, 2.05) is 19.1 Å². The number of phenolic OH excluding ortho intramolecular Hbond substituents is 1. The van der Waals surface area contributed by atoms with E-state index in [1.165, 1.54) is 45.4 Å². The minimum absolute atomic E-state index is 0.333. The zero-order valence-corrected chi connectivity index (χ0v) is 15.1. The van der Waals surface area contributed by atoms with Gasteiger partial charge in [-0.15, -0.1) is 0 Å². The summed E-state index contributed by atoms with van der Waals surface area (Å²) < 4.78 is 0. The maximum atomic E-state index is 9.22. The molecule has 1 amide bonds. The van der Waals surface area contributed by atoms with E-state index in [2.05, 4.69) is 26.5 Å². The average Bonchev–Trinajstić information content (AvgIpc) is 2.42. The van der Waals surface area contributed by atoms with Crippen LogP contribution in [0.5, 0.6) is 5.75 Å². The predicted octanol–water partition coefficient (Wildman–Crippen LogP) is 5.20. The van der Waals surface area contributed by atoms with Gasteiger partial charge in [-0.25, -0.2) is 0 Å². The van der Waals surface area contributed by atoms with E-state index >= 15 is 0 Å². The Bertz CT molecular complexity index is 348. The number of amides is 1. The summed E-state index contributed by atoms with van der Waals surface area (Å²) in [5, 5.41) is 8.81. The lowest BCUT2D eigenvalue weighted by Gasteiger charge is -2.08. The van der Waals surface area contributed by atoms with Crippen molar-refractivity contribution in [3.8, 4) is 5.75 Å². The Kier molecular flexibility index (Phi) is 16.4. The molecule has 0 saturated carbocycles. The van der Waals surface area contributed by atoms with Crippen LogP contribution in [-0.4, -0.2) is 11.0 Å². The van der Waals surface area contributed by atoms with Crippen LogP contribution in [0.25, 0.3) is 0 Å². The first-order chi connectivity index (χ1) is 10.3. The summed E-state index contributed by atoms with van der Waals surface area (Å²) in [6, 6.07) is 7.15. The van der Waals surface area contributed by atoms with Crippen LogP contribution < -0.4 is 5.73 Å². The Morgan fingerprint density at radius 3 is 1.91 bits per heavy atom. The first-order valence-corrected chi connectivity index (χ1v) is 8.35. The molecule has 3 nitrogen and oxygen atoms in total. The molecule has 0 atom stereocenters. The van der Waals surface area contributed by atoms with E-state index in [1.54, 1.807) is 12.1 Å². The van der Waals surface area contributed by atoms with Crippen molar-refractivity contribution in [2.24, 2.45) is 11.7 Å². The summed E-state index contributed by atoms with van der Waals surface area (Å²) in [6.45, 7) is 10.2. The molecular formula is C19H35NO2. The fraction of sp³-hybridized carbons (Fsp3) is 0.632. The van der Waals surface area contributed by atoms with Gasteiger partial charge in [0.1, 0.15) is 5.75 Å². The third-order valence-electron chi connectivity index (χ3n) is 3.10. The van der Waals surface area contributed by atoms with Gasteiger partial charge in [-0.2, -0.15) is 0 Å². The zero-order chi connectivity index (χ0) is 17.4. The van der Waals surface area contributed by atoms with Crippen molar-refractivity contribution in [3.05, 3.63) is 29.8 Å². The number of benzene rings is 1. The quantitative estimate of drug-likeness (QED) is 0.759. The van der Waals surface area contributed by atoms with Crippen LogP contribution in [0.2, 0.25) is 0 Å². The number of phenols is 1. The van der Waals surface area contributed by atoms with Crippen molar-refractivity contribution < 1.29 is 9.90 Å². The Labute approximate surface area is 136 Å². The Hall–Kier alpha value is -1.51. The highest BCUT2D eigenvalue weighted by Crippen LogP contribution is 2.14. The minimum Gasteiger partial charge on any atom is -0.508 e. The molecule has 3 N–H and O–H groups in total. The monoisotopic (exact) mass is 309 g/mol. The molecule has 22 heavy (non-hydrogen) atoms. The van der Waals surface area contributed by atoms with Crippen LogP contribution in [0.1, 0.15) is 71.8 Å². The summed E-state index contributed by atoms with van der Waals surface area (Å²) in [7, 11) is 0. The molecule has 0 unspecified atom stereocenters. The van der Waals surface area contributed by atoms with E-state index in [4.69, 9.17) is 5.11 Å². The van der Waals surface area contributed by atoms with E-state index in [0.717, 1.165) is 11.5 Å².